The van der Waals surface area contributed by atoms with Crippen molar-refractivity contribution in [1.29, 1.82) is 0 Å². The maximum absolute atomic E-state index is 12.4. The van der Waals surface area contributed by atoms with Crippen LogP contribution in [0.15, 0.2) is 10.6 Å². The van der Waals surface area contributed by atoms with E-state index in [4.69, 9.17) is 34.8 Å². The minimum Gasteiger partial charge on any atom is -0.288 e. The molecule has 0 spiro atoms. The molecule has 19 heavy (non-hydrogen) atoms. The Labute approximate surface area is 129 Å². The predicted molar refractivity (Wildman–Crippen MR) is 80.0 cm³/mol. The van der Waals surface area contributed by atoms with Crippen molar-refractivity contribution in [2.75, 3.05) is 0 Å². The second kappa shape index (κ2) is 4.75. The SMILES string of the molecule is CC(C)(C)C1=C(Cl)C(Cl)C(Cl)(C(C)(C)C)C(=O)C1=O. The maximum Gasteiger partial charge on any atom is 0.228 e. The Morgan fingerprint density at radius 2 is 1.47 bits per heavy atom. The van der Waals surface area contributed by atoms with Crippen LogP contribution in [-0.2, 0) is 9.59 Å². The van der Waals surface area contributed by atoms with Crippen LogP contribution in [0.5, 0.6) is 0 Å². The van der Waals surface area contributed by atoms with Gasteiger partial charge in [0.1, 0.15) is 4.87 Å². The Bertz CT molecular complexity index is 466. The average molecular weight is 326 g/mol. The summed E-state index contributed by atoms with van der Waals surface area (Å²) in [6.45, 7) is 10.8. The van der Waals surface area contributed by atoms with Crippen molar-refractivity contribution in [3.8, 4) is 0 Å². The first kappa shape index (κ1) is 17.0. The lowest BCUT2D eigenvalue weighted by Gasteiger charge is -2.45. The lowest BCUT2D eigenvalue weighted by Crippen LogP contribution is -2.58. The second-order valence-electron chi connectivity index (χ2n) is 6.96. The van der Waals surface area contributed by atoms with Crippen molar-refractivity contribution in [3.63, 3.8) is 0 Å². The van der Waals surface area contributed by atoms with Crippen molar-refractivity contribution >= 4 is 46.4 Å². The lowest BCUT2D eigenvalue weighted by molar-refractivity contribution is -0.139. The summed E-state index contributed by atoms with van der Waals surface area (Å²) >= 11 is 19.0. The van der Waals surface area contributed by atoms with Crippen LogP contribution in [-0.4, -0.2) is 21.8 Å². The molecule has 2 unspecified atom stereocenters. The third-order valence-corrected chi connectivity index (χ3v) is 5.55. The Balaban J connectivity index is 3.59. The molecule has 0 amide bonds. The van der Waals surface area contributed by atoms with Crippen LogP contribution in [0.4, 0.5) is 0 Å². The molecular weight excluding hydrogens is 307 g/mol. The van der Waals surface area contributed by atoms with Crippen LogP contribution < -0.4 is 0 Å². The van der Waals surface area contributed by atoms with Gasteiger partial charge in [-0.1, -0.05) is 53.1 Å². The fourth-order valence-corrected chi connectivity index (χ4v) is 3.54. The van der Waals surface area contributed by atoms with E-state index in [9.17, 15) is 9.59 Å². The molecule has 108 valence electrons. The topological polar surface area (TPSA) is 34.1 Å². The zero-order valence-electron chi connectivity index (χ0n) is 12.0. The Hall–Kier alpha value is -0.0500. The first-order chi connectivity index (χ1) is 8.26. The summed E-state index contributed by atoms with van der Waals surface area (Å²) in [5, 5.41) is -0.723. The first-order valence-corrected chi connectivity index (χ1v) is 7.27. The molecule has 0 saturated carbocycles. The molecule has 0 heterocycles. The Kier molecular flexibility index (Phi) is 4.25. The van der Waals surface area contributed by atoms with E-state index in [1.165, 1.54) is 0 Å². The molecule has 0 bridgehead atoms. The van der Waals surface area contributed by atoms with Crippen molar-refractivity contribution in [1.82, 2.24) is 0 Å². The van der Waals surface area contributed by atoms with E-state index in [-0.39, 0.29) is 10.6 Å². The monoisotopic (exact) mass is 324 g/mol. The number of alkyl halides is 2. The summed E-state index contributed by atoms with van der Waals surface area (Å²) in [5.74, 6) is -1.30. The van der Waals surface area contributed by atoms with Gasteiger partial charge in [-0.05, 0) is 10.8 Å². The van der Waals surface area contributed by atoms with E-state index in [1.807, 2.05) is 20.8 Å². The third kappa shape index (κ3) is 2.48. The largest absolute Gasteiger partial charge is 0.288 e. The summed E-state index contributed by atoms with van der Waals surface area (Å²) < 4.78 is 0. The number of hydrogen-bond donors (Lipinski definition) is 0. The van der Waals surface area contributed by atoms with Crippen LogP contribution in [0.1, 0.15) is 41.5 Å². The Morgan fingerprint density at radius 1 is 1.05 bits per heavy atom. The second-order valence-corrected chi connectivity index (χ2v) is 8.40. The molecule has 0 radical (unpaired) electrons. The molecule has 0 aromatic carbocycles. The first-order valence-electron chi connectivity index (χ1n) is 6.08. The maximum atomic E-state index is 12.4. The van der Waals surface area contributed by atoms with Crippen molar-refractivity contribution in [3.05, 3.63) is 10.6 Å². The quantitative estimate of drug-likeness (QED) is 0.491. The number of Topliss-reactive ketones (excluding diaryl/α,β-unsaturated/α-hetero) is 2. The van der Waals surface area contributed by atoms with E-state index >= 15 is 0 Å². The zero-order chi connectivity index (χ0) is 15.4. The van der Waals surface area contributed by atoms with Crippen LogP contribution in [0.25, 0.3) is 0 Å². The normalized spacial score (nSPS) is 30.1. The Morgan fingerprint density at radius 3 is 1.79 bits per heavy atom. The lowest BCUT2D eigenvalue weighted by atomic mass is 9.67. The van der Waals surface area contributed by atoms with E-state index in [0.29, 0.717) is 0 Å². The van der Waals surface area contributed by atoms with Gasteiger partial charge in [0.05, 0.1) is 5.38 Å². The number of carbonyl (C=O) groups excluding carboxylic acids is 2. The van der Waals surface area contributed by atoms with Crippen LogP contribution in [0.2, 0.25) is 0 Å². The number of allylic oxidation sites excluding steroid dienone is 2. The van der Waals surface area contributed by atoms with Gasteiger partial charge in [0.2, 0.25) is 11.6 Å². The number of rotatable bonds is 0. The van der Waals surface area contributed by atoms with Gasteiger partial charge in [-0.2, -0.15) is 0 Å². The summed E-state index contributed by atoms with van der Waals surface area (Å²) in [4.78, 5) is 23.3. The number of carbonyl (C=O) groups is 2. The van der Waals surface area contributed by atoms with Gasteiger partial charge in [0.25, 0.3) is 0 Å². The molecule has 0 N–H and O–H groups in total. The highest BCUT2D eigenvalue weighted by Crippen LogP contribution is 2.51. The van der Waals surface area contributed by atoms with Gasteiger partial charge in [0, 0.05) is 10.6 Å². The molecular formula is C14H19Cl3O2. The van der Waals surface area contributed by atoms with Crippen LogP contribution in [0, 0.1) is 10.8 Å². The molecule has 0 saturated heterocycles. The summed E-state index contributed by atoms with van der Waals surface area (Å²) in [6, 6.07) is 0. The summed E-state index contributed by atoms with van der Waals surface area (Å²) in [6.07, 6.45) is 0. The van der Waals surface area contributed by atoms with Crippen LogP contribution in [0.3, 0.4) is 0 Å². The van der Waals surface area contributed by atoms with E-state index in [1.54, 1.807) is 20.8 Å². The van der Waals surface area contributed by atoms with Gasteiger partial charge in [-0.25, -0.2) is 0 Å². The molecule has 1 aliphatic rings. The molecule has 0 aromatic rings. The van der Waals surface area contributed by atoms with E-state index in [2.05, 4.69) is 0 Å². The van der Waals surface area contributed by atoms with Crippen molar-refractivity contribution in [2.24, 2.45) is 10.8 Å². The van der Waals surface area contributed by atoms with Crippen molar-refractivity contribution < 1.29 is 9.59 Å². The van der Waals surface area contributed by atoms with Gasteiger partial charge in [0.15, 0.2) is 0 Å². The fourth-order valence-electron chi connectivity index (χ4n) is 2.22. The number of halogens is 3. The summed E-state index contributed by atoms with van der Waals surface area (Å²) in [5.41, 5.74) is -0.968. The van der Waals surface area contributed by atoms with Gasteiger partial charge in [-0.15, -0.1) is 23.2 Å². The molecule has 1 aliphatic carbocycles. The summed E-state index contributed by atoms with van der Waals surface area (Å²) in [7, 11) is 0. The highest BCUT2D eigenvalue weighted by atomic mass is 35.5. The van der Waals surface area contributed by atoms with Crippen LogP contribution >= 0.6 is 34.8 Å². The van der Waals surface area contributed by atoms with Gasteiger partial charge >= 0.3 is 0 Å². The standard InChI is InChI=1S/C14H19Cl3O2/c1-12(2,3)7-8(15)10(16)14(17,13(4,5)6)11(19)9(7)18/h10H,1-6H3. The average Bonchev–Trinajstić information content (AvgIpc) is 2.20. The number of hydrogen-bond acceptors (Lipinski definition) is 2. The van der Waals surface area contributed by atoms with Crippen molar-refractivity contribution in [2.45, 2.75) is 51.8 Å². The molecule has 5 heteroatoms. The molecule has 2 atom stereocenters. The minimum atomic E-state index is -1.52. The minimum absolute atomic E-state index is 0.184. The molecule has 1 rings (SSSR count). The third-order valence-electron chi connectivity index (χ3n) is 3.42. The highest BCUT2D eigenvalue weighted by Gasteiger charge is 2.60. The molecule has 0 aliphatic heterocycles. The predicted octanol–water partition coefficient (Wildman–Crippen LogP) is 4.31. The van der Waals surface area contributed by atoms with Gasteiger partial charge in [-0.3, -0.25) is 9.59 Å². The molecule has 0 fully saturated rings. The van der Waals surface area contributed by atoms with Gasteiger partial charge < -0.3 is 0 Å². The smallest absolute Gasteiger partial charge is 0.228 e. The fraction of sp³-hybridized carbons (Fsp3) is 0.714. The molecule has 2 nitrogen and oxygen atoms in total. The zero-order valence-corrected chi connectivity index (χ0v) is 14.3. The highest BCUT2D eigenvalue weighted by molar-refractivity contribution is 6.62. The van der Waals surface area contributed by atoms with E-state index < -0.39 is 32.6 Å². The number of ketones is 2. The van der Waals surface area contributed by atoms with E-state index in [0.717, 1.165) is 0 Å². The molecule has 0 aromatic heterocycles.